The Morgan fingerprint density at radius 1 is 1.12 bits per heavy atom. The first kappa shape index (κ1) is 27.5. The number of hydrogen-bond donors (Lipinski definition) is 1. The standard InChI is InChI=1S/C28H21ClF3N5O2S/c1-39-22-10-7-17(8-11-22)25-19(16-37(36-25)21-5-3-2-4-6-21)15-33-35-27-34-26(38)24(40-27)14-18-13-20(28(30,31)32)9-12-23(18)29/h2-13,15-16,24H,14H2,1H3,(H,34,35,38)/b33-15+. The van der Waals surface area contributed by atoms with E-state index in [1.165, 1.54) is 12.3 Å². The van der Waals surface area contributed by atoms with Crippen LogP contribution in [0.3, 0.4) is 0 Å². The molecule has 1 aliphatic heterocycles. The van der Waals surface area contributed by atoms with E-state index in [1.807, 2.05) is 60.8 Å². The van der Waals surface area contributed by atoms with Gasteiger partial charge in [0, 0.05) is 22.3 Å². The second-order valence-corrected chi connectivity index (χ2v) is 10.3. The maximum absolute atomic E-state index is 13.1. The molecule has 40 heavy (non-hydrogen) atoms. The van der Waals surface area contributed by atoms with Gasteiger partial charge in [0.1, 0.15) is 11.4 Å². The highest BCUT2D eigenvalue weighted by molar-refractivity contribution is 8.15. The number of alkyl halides is 3. The van der Waals surface area contributed by atoms with Crippen LogP contribution in [0.25, 0.3) is 16.9 Å². The number of carbonyl (C=O) groups is 1. The van der Waals surface area contributed by atoms with Gasteiger partial charge in [0.05, 0.1) is 29.8 Å². The third kappa shape index (κ3) is 6.21. The molecule has 2 heterocycles. The second kappa shape index (κ2) is 11.6. The minimum atomic E-state index is -4.51. The average molecular weight is 584 g/mol. The van der Waals surface area contributed by atoms with Gasteiger partial charge in [-0.3, -0.25) is 4.79 Å². The summed E-state index contributed by atoms with van der Waals surface area (Å²) >= 11 is 7.19. The Kier molecular flexibility index (Phi) is 7.95. The van der Waals surface area contributed by atoms with Crippen LogP contribution in [0.5, 0.6) is 5.75 Å². The minimum Gasteiger partial charge on any atom is -0.497 e. The molecule has 0 saturated carbocycles. The van der Waals surface area contributed by atoms with E-state index in [2.05, 4.69) is 15.5 Å². The Labute approximate surface area is 236 Å². The molecular formula is C28H21ClF3N5O2S. The van der Waals surface area contributed by atoms with Crippen molar-refractivity contribution in [2.45, 2.75) is 17.8 Å². The van der Waals surface area contributed by atoms with Crippen molar-refractivity contribution in [1.29, 1.82) is 0 Å². The zero-order chi connectivity index (χ0) is 28.3. The summed E-state index contributed by atoms with van der Waals surface area (Å²) in [7, 11) is 1.59. The Bertz CT molecular complexity index is 1590. The van der Waals surface area contributed by atoms with Gasteiger partial charge in [-0.2, -0.15) is 23.4 Å². The second-order valence-electron chi connectivity index (χ2n) is 8.70. The zero-order valence-electron chi connectivity index (χ0n) is 20.9. The number of benzene rings is 3. The van der Waals surface area contributed by atoms with Crippen LogP contribution >= 0.6 is 23.4 Å². The average Bonchev–Trinajstić information content (AvgIpc) is 3.53. The molecule has 0 radical (unpaired) electrons. The molecule has 3 aromatic carbocycles. The van der Waals surface area contributed by atoms with Gasteiger partial charge in [-0.1, -0.05) is 41.6 Å². The largest absolute Gasteiger partial charge is 0.497 e. The van der Waals surface area contributed by atoms with Crippen LogP contribution in [0.2, 0.25) is 5.02 Å². The summed E-state index contributed by atoms with van der Waals surface area (Å²) in [5, 5.41) is 15.3. The first-order chi connectivity index (χ1) is 19.2. The molecule has 1 aliphatic rings. The van der Waals surface area contributed by atoms with Crippen LogP contribution in [0.4, 0.5) is 13.2 Å². The van der Waals surface area contributed by atoms with E-state index in [4.69, 9.17) is 21.4 Å². The Balaban J connectivity index is 1.36. The van der Waals surface area contributed by atoms with Crippen LogP contribution in [0.15, 0.2) is 89.2 Å². The predicted octanol–water partition coefficient (Wildman–Crippen LogP) is 6.38. The molecule has 4 aromatic rings. The lowest BCUT2D eigenvalue weighted by Gasteiger charge is -2.12. The van der Waals surface area contributed by atoms with Gasteiger partial charge in [-0.05, 0) is 66.6 Å². The van der Waals surface area contributed by atoms with Crippen LogP contribution in [-0.4, -0.2) is 39.4 Å². The van der Waals surface area contributed by atoms with E-state index in [0.29, 0.717) is 17.0 Å². The van der Waals surface area contributed by atoms with Crippen LogP contribution in [-0.2, 0) is 17.4 Å². The number of hydrogen-bond acceptors (Lipinski definition) is 6. The van der Waals surface area contributed by atoms with E-state index < -0.39 is 17.0 Å². The molecular weight excluding hydrogens is 563 g/mol. The normalized spacial score (nSPS) is 16.6. The number of methoxy groups -OCH3 is 1. The predicted molar refractivity (Wildman–Crippen MR) is 150 cm³/mol. The van der Waals surface area contributed by atoms with Crippen molar-refractivity contribution in [3.8, 4) is 22.7 Å². The molecule has 1 N–H and O–H groups in total. The fraction of sp³-hybridized carbons (Fsp3) is 0.143. The van der Waals surface area contributed by atoms with Crippen molar-refractivity contribution >= 4 is 40.7 Å². The maximum Gasteiger partial charge on any atom is 0.416 e. The van der Waals surface area contributed by atoms with E-state index in [-0.39, 0.29) is 28.1 Å². The number of halogens is 4. The lowest BCUT2D eigenvalue weighted by molar-refractivity contribution is -0.137. The summed E-state index contributed by atoms with van der Waals surface area (Å²) in [4.78, 5) is 12.5. The number of aromatic nitrogens is 2. The topological polar surface area (TPSA) is 80.9 Å². The fourth-order valence-electron chi connectivity index (χ4n) is 4.01. The van der Waals surface area contributed by atoms with E-state index in [9.17, 15) is 18.0 Å². The molecule has 1 aromatic heterocycles. The number of nitrogens with zero attached hydrogens (tertiary/aromatic N) is 4. The number of amidine groups is 1. The summed E-state index contributed by atoms with van der Waals surface area (Å²) in [6.45, 7) is 0. The molecule has 1 fully saturated rings. The highest BCUT2D eigenvalue weighted by atomic mass is 35.5. The molecule has 1 amide bonds. The van der Waals surface area contributed by atoms with Crippen molar-refractivity contribution < 1.29 is 22.7 Å². The number of thioether (sulfide) groups is 1. The molecule has 0 spiro atoms. The van der Waals surface area contributed by atoms with Gasteiger partial charge >= 0.3 is 6.18 Å². The van der Waals surface area contributed by atoms with Gasteiger partial charge in [0.2, 0.25) is 5.91 Å². The molecule has 204 valence electrons. The van der Waals surface area contributed by atoms with Gasteiger partial charge < -0.3 is 10.1 Å². The van der Waals surface area contributed by atoms with E-state index >= 15 is 0 Å². The van der Waals surface area contributed by atoms with Crippen molar-refractivity contribution in [3.63, 3.8) is 0 Å². The Morgan fingerprint density at radius 2 is 1.88 bits per heavy atom. The lowest BCUT2D eigenvalue weighted by atomic mass is 10.1. The molecule has 5 rings (SSSR count). The SMILES string of the molecule is COc1ccc(-c2nn(-c3ccccc3)cc2/C=N/N=C2\NC(=O)C(Cc3cc(C(F)(F)F)ccc3Cl)S2)cc1. The van der Waals surface area contributed by atoms with E-state index in [1.54, 1.807) is 11.8 Å². The number of nitrogens with one attached hydrogen (secondary N) is 1. The summed E-state index contributed by atoms with van der Waals surface area (Å²) in [6.07, 6.45) is -1.15. The number of para-hydroxylation sites is 1. The van der Waals surface area contributed by atoms with Gasteiger partial charge in [-0.15, -0.1) is 5.10 Å². The van der Waals surface area contributed by atoms with Gasteiger partial charge in [-0.25, -0.2) is 4.68 Å². The summed E-state index contributed by atoms with van der Waals surface area (Å²) in [6, 6.07) is 20.1. The molecule has 1 unspecified atom stereocenters. The maximum atomic E-state index is 13.1. The highest BCUT2D eigenvalue weighted by Gasteiger charge is 2.34. The Morgan fingerprint density at radius 3 is 2.58 bits per heavy atom. The van der Waals surface area contributed by atoms with Crippen LogP contribution < -0.4 is 10.1 Å². The quantitative estimate of drug-likeness (QED) is 0.202. The number of ether oxygens (including phenoxy) is 1. The van der Waals surface area contributed by atoms with Crippen LogP contribution in [0.1, 0.15) is 16.7 Å². The van der Waals surface area contributed by atoms with Crippen LogP contribution in [0, 0.1) is 0 Å². The smallest absolute Gasteiger partial charge is 0.416 e. The summed E-state index contributed by atoms with van der Waals surface area (Å²) in [5.74, 6) is 0.325. The monoisotopic (exact) mass is 583 g/mol. The minimum absolute atomic E-state index is 0.00739. The summed E-state index contributed by atoms with van der Waals surface area (Å²) < 4.78 is 46.4. The zero-order valence-corrected chi connectivity index (χ0v) is 22.5. The Hall–Kier alpha value is -4.09. The fourth-order valence-corrected chi connectivity index (χ4v) is 5.15. The van der Waals surface area contributed by atoms with Crippen molar-refractivity contribution in [2.24, 2.45) is 10.2 Å². The molecule has 0 bridgehead atoms. The van der Waals surface area contributed by atoms with E-state index in [0.717, 1.165) is 35.1 Å². The first-order valence-corrected chi connectivity index (χ1v) is 13.2. The number of amides is 1. The molecule has 12 heteroatoms. The first-order valence-electron chi connectivity index (χ1n) is 11.9. The van der Waals surface area contributed by atoms with Gasteiger partial charge in [0.15, 0.2) is 5.17 Å². The summed E-state index contributed by atoms with van der Waals surface area (Å²) in [5.41, 5.74) is 2.45. The third-order valence-corrected chi connectivity index (χ3v) is 7.47. The van der Waals surface area contributed by atoms with Crippen molar-refractivity contribution in [2.75, 3.05) is 7.11 Å². The molecule has 0 aliphatic carbocycles. The molecule has 7 nitrogen and oxygen atoms in total. The highest BCUT2D eigenvalue weighted by Crippen LogP contribution is 2.34. The third-order valence-electron chi connectivity index (χ3n) is 6.03. The van der Waals surface area contributed by atoms with Gasteiger partial charge in [0.25, 0.3) is 0 Å². The molecule has 1 atom stereocenters. The number of rotatable bonds is 7. The van der Waals surface area contributed by atoms with Crippen molar-refractivity contribution in [1.82, 2.24) is 15.1 Å². The number of carbonyl (C=O) groups excluding carboxylic acids is 1. The molecule has 1 saturated heterocycles. The lowest BCUT2D eigenvalue weighted by Crippen LogP contribution is -2.26. The van der Waals surface area contributed by atoms with Crippen molar-refractivity contribution in [3.05, 3.63) is 101 Å².